The molecule has 0 bridgehead atoms. The lowest BCUT2D eigenvalue weighted by Crippen LogP contribution is -2.28. The van der Waals surface area contributed by atoms with Crippen LogP contribution in [-0.2, 0) is 10.2 Å². The quantitative estimate of drug-likeness (QED) is 0.870. The monoisotopic (exact) mass is 295 g/mol. The van der Waals surface area contributed by atoms with Gasteiger partial charge in [-0.2, -0.15) is 0 Å². The Morgan fingerprint density at radius 3 is 2.19 bits per heavy atom. The molecule has 0 atom stereocenters. The third-order valence-electron chi connectivity index (χ3n) is 2.30. The Hall–Kier alpha value is -2.18. The normalized spacial score (nSPS) is 11.9. The SMILES string of the molecule is CC(C)(C)OC(=O)Nc1cnc(C(C)(C)C)nc1C(=O)O. The first-order valence-electron chi connectivity index (χ1n) is 6.51. The smallest absolute Gasteiger partial charge is 0.412 e. The third-order valence-corrected chi connectivity index (χ3v) is 2.30. The number of carboxylic acids is 1. The average molecular weight is 295 g/mol. The van der Waals surface area contributed by atoms with Crippen molar-refractivity contribution >= 4 is 17.7 Å². The molecule has 0 aliphatic heterocycles. The molecule has 1 rings (SSSR count). The highest BCUT2D eigenvalue weighted by Crippen LogP contribution is 2.21. The van der Waals surface area contributed by atoms with Gasteiger partial charge in [0.25, 0.3) is 0 Å². The number of carbonyl (C=O) groups is 2. The molecule has 0 aliphatic rings. The van der Waals surface area contributed by atoms with Gasteiger partial charge in [0, 0.05) is 5.41 Å². The number of aromatic carboxylic acids is 1. The van der Waals surface area contributed by atoms with Crippen molar-refractivity contribution < 1.29 is 19.4 Å². The number of rotatable bonds is 2. The Kier molecular flexibility index (Phi) is 4.56. The number of carboxylic acid groups (broad SMARTS) is 1. The van der Waals surface area contributed by atoms with E-state index in [4.69, 9.17) is 4.74 Å². The molecule has 1 aromatic heterocycles. The van der Waals surface area contributed by atoms with E-state index in [0.717, 1.165) is 0 Å². The molecule has 0 saturated carbocycles. The predicted octanol–water partition coefficient (Wildman–Crippen LogP) is 2.82. The molecule has 1 amide bonds. The van der Waals surface area contributed by atoms with Crippen LogP contribution < -0.4 is 5.32 Å². The summed E-state index contributed by atoms with van der Waals surface area (Å²) in [5.41, 5.74) is -1.33. The van der Waals surface area contributed by atoms with Crippen LogP contribution in [0.2, 0.25) is 0 Å². The van der Waals surface area contributed by atoms with Crippen molar-refractivity contribution in [3.8, 4) is 0 Å². The number of carbonyl (C=O) groups excluding carboxylic acids is 1. The van der Waals surface area contributed by atoms with Gasteiger partial charge in [0.15, 0.2) is 5.69 Å². The van der Waals surface area contributed by atoms with Gasteiger partial charge in [-0.3, -0.25) is 5.32 Å². The van der Waals surface area contributed by atoms with E-state index in [-0.39, 0.29) is 11.4 Å². The minimum atomic E-state index is -1.24. The van der Waals surface area contributed by atoms with Crippen molar-refractivity contribution in [2.45, 2.75) is 52.6 Å². The Morgan fingerprint density at radius 2 is 1.76 bits per heavy atom. The molecule has 0 saturated heterocycles. The topological polar surface area (TPSA) is 101 Å². The molecule has 0 radical (unpaired) electrons. The third kappa shape index (κ3) is 5.02. The van der Waals surface area contributed by atoms with Crippen LogP contribution in [0, 0.1) is 0 Å². The number of ether oxygens (including phenoxy) is 1. The Balaban J connectivity index is 3.08. The lowest BCUT2D eigenvalue weighted by molar-refractivity contribution is 0.0635. The predicted molar refractivity (Wildman–Crippen MR) is 77.5 cm³/mol. The van der Waals surface area contributed by atoms with Gasteiger partial charge in [-0.15, -0.1) is 0 Å². The number of anilines is 1. The second kappa shape index (κ2) is 5.67. The number of hydrogen-bond donors (Lipinski definition) is 2. The largest absolute Gasteiger partial charge is 0.476 e. The highest BCUT2D eigenvalue weighted by molar-refractivity contribution is 5.96. The van der Waals surface area contributed by atoms with Crippen LogP contribution in [0.25, 0.3) is 0 Å². The van der Waals surface area contributed by atoms with Crippen LogP contribution >= 0.6 is 0 Å². The zero-order chi connectivity index (χ0) is 16.4. The van der Waals surface area contributed by atoms with E-state index in [1.165, 1.54) is 6.20 Å². The van der Waals surface area contributed by atoms with Crippen LogP contribution in [0.5, 0.6) is 0 Å². The number of nitrogens with one attached hydrogen (secondary N) is 1. The summed E-state index contributed by atoms with van der Waals surface area (Å²) >= 11 is 0. The van der Waals surface area contributed by atoms with Crippen LogP contribution in [0.1, 0.15) is 57.9 Å². The lowest BCUT2D eigenvalue weighted by atomic mass is 9.95. The summed E-state index contributed by atoms with van der Waals surface area (Å²) in [7, 11) is 0. The van der Waals surface area contributed by atoms with E-state index in [9.17, 15) is 14.7 Å². The minimum Gasteiger partial charge on any atom is -0.476 e. The van der Waals surface area contributed by atoms with Crippen molar-refractivity contribution in [3.05, 3.63) is 17.7 Å². The van der Waals surface area contributed by atoms with Gasteiger partial charge in [0.1, 0.15) is 11.4 Å². The number of nitrogens with zero attached hydrogens (tertiary/aromatic N) is 2. The van der Waals surface area contributed by atoms with Gasteiger partial charge in [-0.25, -0.2) is 19.6 Å². The summed E-state index contributed by atoms with van der Waals surface area (Å²) in [5.74, 6) is -0.858. The van der Waals surface area contributed by atoms with Crippen LogP contribution in [0.3, 0.4) is 0 Å². The second-order valence-electron chi connectivity index (χ2n) is 6.64. The van der Waals surface area contributed by atoms with E-state index in [2.05, 4.69) is 15.3 Å². The molecule has 1 aromatic rings. The van der Waals surface area contributed by atoms with Gasteiger partial charge in [0.05, 0.1) is 11.9 Å². The van der Waals surface area contributed by atoms with Gasteiger partial charge in [-0.05, 0) is 20.8 Å². The summed E-state index contributed by atoms with van der Waals surface area (Å²) in [6.45, 7) is 10.7. The fourth-order valence-corrected chi connectivity index (χ4v) is 1.41. The Labute approximate surface area is 123 Å². The molecule has 2 N–H and O–H groups in total. The maximum Gasteiger partial charge on any atom is 0.412 e. The molecule has 0 spiro atoms. The molecule has 1 heterocycles. The Morgan fingerprint density at radius 1 is 1.19 bits per heavy atom. The molecule has 7 heteroatoms. The highest BCUT2D eigenvalue weighted by atomic mass is 16.6. The fourth-order valence-electron chi connectivity index (χ4n) is 1.41. The summed E-state index contributed by atoms with van der Waals surface area (Å²) in [6, 6.07) is 0. The zero-order valence-corrected chi connectivity index (χ0v) is 13.1. The van der Waals surface area contributed by atoms with E-state index in [1.807, 2.05) is 20.8 Å². The summed E-state index contributed by atoms with van der Waals surface area (Å²) in [5, 5.41) is 11.6. The van der Waals surface area contributed by atoms with Gasteiger partial charge in [-0.1, -0.05) is 20.8 Å². The van der Waals surface area contributed by atoms with Crippen LogP contribution in [0.15, 0.2) is 6.20 Å². The van der Waals surface area contributed by atoms with Crippen molar-refractivity contribution in [2.75, 3.05) is 5.32 Å². The second-order valence-corrected chi connectivity index (χ2v) is 6.64. The summed E-state index contributed by atoms with van der Waals surface area (Å²) in [6.07, 6.45) is 0.526. The Bertz CT molecular complexity index is 556. The average Bonchev–Trinajstić information content (AvgIpc) is 2.24. The molecular formula is C14H21N3O4. The molecular weight excluding hydrogens is 274 g/mol. The standard InChI is InChI=1S/C14H21N3O4/c1-13(2,3)11-15-7-8(9(17-11)10(18)19)16-12(20)21-14(4,5)6/h7H,1-6H3,(H,16,20)(H,18,19). The maximum absolute atomic E-state index is 11.7. The van der Waals surface area contributed by atoms with Crippen LogP contribution in [0.4, 0.5) is 10.5 Å². The molecule has 0 aromatic carbocycles. The van der Waals surface area contributed by atoms with E-state index in [0.29, 0.717) is 5.82 Å². The highest BCUT2D eigenvalue weighted by Gasteiger charge is 2.24. The minimum absolute atomic E-state index is 0.00440. The first-order valence-corrected chi connectivity index (χ1v) is 6.51. The van der Waals surface area contributed by atoms with Crippen molar-refractivity contribution in [1.29, 1.82) is 0 Å². The maximum atomic E-state index is 11.7. The molecule has 0 fully saturated rings. The first kappa shape index (κ1) is 16.9. The molecule has 7 nitrogen and oxygen atoms in total. The molecule has 21 heavy (non-hydrogen) atoms. The fraction of sp³-hybridized carbons (Fsp3) is 0.571. The van der Waals surface area contributed by atoms with Crippen molar-refractivity contribution in [3.63, 3.8) is 0 Å². The van der Waals surface area contributed by atoms with E-state index < -0.39 is 23.1 Å². The van der Waals surface area contributed by atoms with Crippen LogP contribution in [-0.4, -0.2) is 32.7 Å². The van der Waals surface area contributed by atoms with E-state index in [1.54, 1.807) is 20.8 Å². The number of amides is 1. The summed E-state index contributed by atoms with van der Waals surface area (Å²) < 4.78 is 5.08. The first-order chi connectivity index (χ1) is 9.40. The number of aromatic nitrogens is 2. The zero-order valence-electron chi connectivity index (χ0n) is 13.1. The van der Waals surface area contributed by atoms with Gasteiger partial charge in [0.2, 0.25) is 0 Å². The number of hydrogen-bond acceptors (Lipinski definition) is 5. The van der Waals surface area contributed by atoms with E-state index >= 15 is 0 Å². The molecule has 116 valence electrons. The van der Waals surface area contributed by atoms with Crippen molar-refractivity contribution in [2.24, 2.45) is 0 Å². The summed E-state index contributed by atoms with van der Waals surface area (Å²) in [4.78, 5) is 31.1. The van der Waals surface area contributed by atoms with Crippen molar-refractivity contribution in [1.82, 2.24) is 9.97 Å². The molecule has 0 aliphatic carbocycles. The molecule has 0 unspecified atom stereocenters. The van der Waals surface area contributed by atoms with Gasteiger partial charge >= 0.3 is 12.1 Å². The lowest BCUT2D eigenvalue weighted by Gasteiger charge is -2.21. The van der Waals surface area contributed by atoms with Gasteiger partial charge < -0.3 is 9.84 Å².